The minimum atomic E-state index is -1.32. The Hall–Kier alpha value is -3.48. The van der Waals surface area contributed by atoms with Crippen LogP contribution in [0.1, 0.15) is 72.1 Å². The average Bonchev–Trinajstić information content (AvgIpc) is 3.70. The molecule has 1 N–H and O–H groups in total. The minimum absolute atomic E-state index is 0.0430. The molecule has 4 aliphatic rings. The number of fused-ring (bicyclic) bond motifs is 4. The molecule has 0 aromatic heterocycles. The van der Waals surface area contributed by atoms with Crippen molar-refractivity contribution in [3.05, 3.63) is 94.0 Å². The Bertz CT molecular complexity index is 1580. The Morgan fingerprint density at radius 3 is 1.95 bits per heavy atom. The Kier molecular flexibility index (Phi) is 5.97. The van der Waals surface area contributed by atoms with Gasteiger partial charge in [-0.3, -0.25) is 9.59 Å². The van der Waals surface area contributed by atoms with Gasteiger partial charge in [0, 0.05) is 25.6 Å². The number of carbonyl (C=O) groups is 2. The molecular formula is C35H39N3O3. The first-order valence-corrected chi connectivity index (χ1v) is 15.2. The van der Waals surface area contributed by atoms with Crippen LogP contribution in [0.25, 0.3) is 0 Å². The summed E-state index contributed by atoms with van der Waals surface area (Å²) in [6.45, 7) is 11.6. The SMILES string of the molecule is CCN1C(=O)[C@@]2(c3cccc(C)c31)[C@H](O)c1ccccc1[C@@H]2[C@]1(CN2CCCC2)C(=O)N(CC)c2c(C)cccc21. The van der Waals surface area contributed by atoms with Crippen molar-refractivity contribution in [3.8, 4) is 0 Å². The number of rotatable bonds is 5. The summed E-state index contributed by atoms with van der Waals surface area (Å²) in [4.78, 5) is 36.5. The molecule has 6 heteroatoms. The summed E-state index contributed by atoms with van der Waals surface area (Å²) in [5.74, 6) is -0.631. The Labute approximate surface area is 242 Å². The van der Waals surface area contributed by atoms with Crippen molar-refractivity contribution >= 4 is 23.2 Å². The molecule has 0 radical (unpaired) electrons. The van der Waals surface area contributed by atoms with Crippen LogP contribution in [0.2, 0.25) is 0 Å². The molecule has 2 amide bonds. The van der Waals surface area contributed by atoms with E-state index in [4.69, 9.17) is 0 Å². The normalized spacial score (nSPS) is 28.6. The molecule has 3 aromatic carbocycles. The van der Waals surface area contributed by atoms with E-state index in [1.807, 2.05) is 67.0 Å². The molecule has 212 valence electrons. The fourth-order valence-corrected chi connectivity index (χ4v) is 8.91. The van der Waals surface area contributed by atoms with Gasteiger partial charge in [0.25, 0.3) is 0 Å². The first kappa shape index (κ1) is 26.4. The third-order valence-corrected chi connectivity index (χ3v) is 10.5. The molecule has 7 rings (SSSR count). The number of aliphatic hydroxyl groups excluding tert-OH is 1. The average molecular weight is 550 g/mol. The van der Waals surface area contributed by atoms with Crippen molar-refractivity contribution in [2.75, 3.05) is 42.5 Å². The minimum Gasteiger partial charge on any atom is -0.387 e. The fraction of sp³-hybridized carbons (Fsp3) is 0.429. The number of aryl methyl sites for hydroxylation is 2. The van der Waals surface area contributed by atoms with Gasteiger partial charge in [0.2, 0.25) is 11.8 Å². The van der Waals surface area contributed by atoms with E-state index >= 15 is 9.59 Å². The second-order valence-electron chi connectivity index (χ2n) is 12.3. The zero-order valence-corrected chi connectivity index (χ0v) is 24.5. The maximum atomic E-state index is 15.2. The summed E-state index contributed by atoms with van der Waals surface area (Å²) in [6.07, 6.45) is 1.13. The van der Waals surface area contributed by atoms with Gasteiger partial charge in [0.15, 0.2) is 0 Å². The van der Waals surface area contributed by atoms with Crippen molar-refractivity contribution in [2.24, 2.45) is 0 Å². The summed E-state index contributed by atoms with van der Waals surface area (Å²) in [5.41, 5.74) is 5.06. The van der Waals surface area contributed by atoms with Crippen LogP contribution in [0.15, 0.2) is 60.7 Å². The standard InChI is InChI=1S/C35H39N3O3/c1-5-37-28-22(3)13-11-17-26(28)34(32(37)40,21-36-19-9-10-20-36)30-24-15-7-8-16-25(24)31(39)35(30)27-18-12-14-23(4)29(27)38(6-2)33(35)41/h7-8,11-18,30-31,39H,5-6,9-10,19-21H2,1-4H3/t30-,31-,34-,35-/m1/s1. The number of amides is 2. The van der Waals surface area contributed by atoms with Crippen LogP contribution in [-0.4, -0.2) is 54.5 Å². The number of benzene rings is 3. The lowest BCUT2D eigenvalue weighted by Gasteiger charge is -2.45. The highest BCUT2D eigenvalue weighted by molar-refractivity contribution is 6.15. The predicted octanol–water partition coefficient (Wildman–Crippen LogP) is 5.14. The molecule has 3 aliphatic heterocycles. The lowest BCUT2D eigenvalue weighted by molar-refractivity contribution is -0.132. The third kappa shape index (κ3) is 3.15. The summed E-state index contributed by atoms with van der Waals surface area (Å²) >= 11 is 0. The molecule has 6 nitrogen and oxygen atoms in total. The highest BCUT2D eigenvalue weighted by atomic mass is 16.3. The lowest BCUT2D eigenvalue weighted by Crippen LogP contribution is -2.58. The van der Waals surface area contributed by atoms with Crippen LogP contribution in [0.3, 0.4) is 0 Å². The van der Waals surface area contributed by atoms with Crippen LogP contribution in [0.5, 0.6) is 0 Å². The molecule has 1 fully saturated rings. The van der Waals surface area contributed by atoms with Gasteiger partial charge in [0.05, 0.1) is 22.9 Å². The predicted molar refractivity (Wildman–Crippen MR) is 162 cm³/mol. The first-order valence-electron chi connectivity index (χ1n) is 15.2. The number of para-hydroxylation sites is 2. The second-order valence-corrected chi connectivity index (χ2v) is 12.3. The highest BCUT2D eigenvalue weighted by Gasteiger charge is 2.73. The van der Waals surface area contributed by atoms with E-state index in [-0.39, 0.29) is 11.8 Å². The number of likely N-dealkylation sites (tertiary alicyclic amines) is 1. The largest absolute Gasteiger partial charge is 0.387 e. The molecule has 0 unspecified atom stereocenters. The Morgan fingerprint density at radius 2 is 1.32 bits per heavy atom. The highest BCUT2D eigenvalue weighted by Crippen LogP contribution is 2.68. The summed E-state index contributed by atoms with van der Waals surface area (Å²) in [5, 5.41) is 12.5. The van der Waals surface area contributed by atoms with Gasteiger partial charge in [-0.05, 0) is 87.0 Å². The van der Waals surface area contributed by atoms with Gasteiger partial charge >= 0.3 is 0 Å². The number of aliphatic hydroxyl groups is 1. The molecule has 3 heterocycles. The first-order chi connectivity index (χ1) is 19.8. The number of hydrogen-bond donors (Lipinski definition) is 1. The van der Waals surface area contributed by atoms with Gasteiger partial charge in [-0.25, -0.2) is 0 Å². The van der Waals surface area contributed by atoms with Crippen molar-refractivity contribution in [3.63, 3.8) is 0 Å². The van der Waals surface area contributed by atoms with Gasteiger partial charge in [0.1, 0.15) is 5.41 Å². The molecule has 0 saturated carbocycles. The number of carbonyl (C=O) groups excluding carboxylic acids is 2. The fourth-order valence-electron chi connectivity index (χ4n) is 8.91. The second kappa shape index (κ2) is 9.27. The van der Waals surface area contributed by atoms with Crippen molar-refractivity contribution < 1.29 is 14.7 Å². The number of nitrogens with zero attached hydrogens (tertiary/aromatic N) is 3. The molecular weight excluding hydrogens is 510 g/mol. The van der Waals surface area contributed by atoms with E-state index in [0.29, 0.717) is 19.6 Å². The van der Waals surface area contributed by atoms with E-state index in [0.717, 1.165) is 70.7 Å². The quantitative estimate of drug-likeness (QED) is 0.479. The monoisotopic (exact) mass is 549 g/mol. The Balaban J connectivity index is 1.61. The number of likely N-dealkylation sites (N-methyl/N-ethyl adjacent to an activating group) is 2. The number of anilines is 2. The molecule has 4 atom stereocenters. The van der Waals surface area contributed by atoms with E-state index < -0.39 is 22.9 Å². The van der Waals surface area contributed by atoms with Crippen LogP contribution in [0, 0.1) is 13.8 Å². The summed E-state index contributed by atoms with van der Waals surface area (Å²) in [7, 11) is 0. The van der Waals surface area contributed by atoms with Gasteiger partial charge < -0.3 is 19.8 Å². The van der Waals surface area contributed by atoms with E-state index in [2.05, 4.69) is 36.1 Å². The smallest absolute Gasteiger partial charge is 0.241 e. The zero-order valence-electron chi connectivity index (χ0n) is 24.5. The van der Waals surface area contributed by atoms with Crippen molar-refractivity contribution in [1.29, 1.82) is 0 Å². The maximum absolute atomic E-state index is 15.2. The molecule has 1 saturated heterocycles. The van der Waals surface area contributed by atoms with Gasteiger partial charge in [-0.15, -0.1) is 0 Å². The van der Waals surface area contributed by atoms with E-state index in [1.165, 1.54) is 0 Å². The van der Waals surface area contributed by atoms with Crippen molar-refractivity contribution in [2.45, 2.75) is 63.4 Å². The van der Waals surface area contributed by atoms with Crippen LogP contribution < -0.4 is 9.80 Å². The van der Waals surface area contributed by atoms with E-state index in [1.54, 1.807) is 0 Å². The lowest BCUT2D eigenvalue weighted by atomic mass is 9.56. The van der Waals surface area contributed by atoms with Crippen LogP contribution in [-0.2, 0) is 20.4 Å². The molecule has 0 bridgehead atoms. The Morgan fingerprint density at radius 1 is 0.756 bits per heavy atom. The summed E-state index contributed by atoms with van der Waals surface area (Å²) < 4.78 is 0. The van der Waals surface area contributed by atoms with Crippen LogP contribution in [0.4, 0.5) is 11.4 Å². The summed E-state index contributed by atoms with van der Waals surface area (Å²) in [6, 6.07) is 20.2. The van der Waals surface area contributed by atoms with E-state index in [9.17, 15) is 5.11 Å². The maximum Gasteiger partial charge on any atom is 0.241 e. The van der Waals surface area contributed by atoms with Crippen molar-refractivity contribution in [1.82, 2.24) is 4.90 Å². The molecule has 41 heavy (non-hydrogen) atoms. The third-order valence-electron chi connectivity index (χ3n) is 10.5. The molecule has 3 aromatic rings. The van der Waals surface area contributed by atoms with Crippen LogP contribution >= 0.6 is 0 Å². The topological polar surface area (TPSA) is 64.1 Å². The molecule has 1 aliphatic carbocycles. The van der Waals surface area contributed by atoms with Gasteiger partial charge in [-0.2, -0.15) is 0 Å². The molecule has 1 spiro atoms. The van der Waals surface area contributed by atoms with Gasteiger partial charge in [-0.1, -0.05) is 60.7 Å². The number of hydrogen-bond acceptors (Lipinski definition) is 4. The zero-order chi connectivity index (χ0) is 28.7.